The maximum atomic E-state index is 14.8. The molecule has 0 saturated carbocycles. The summed E-state index contributed by atoms with van der Waals surface area (Å²) in [6.45, 7) is 0. The molecule has 0 aromatic heterocycles. The van der Waals surface area contributed by atoms with Gasteiger partial charge in [-0.1, -0.05) is 35.3 Å². The summed E-state index contributed by atoms with van der Waals surface area (Å²) < 4.78 is 11.0. The van der Waals surface area contributed by atoms with Gasteiger partial charge < -0.3 is 9.47 Å². The predicted octanol–water partition coefficient (Wildman–Crippen LogP) is 7.78. The van der Waals surface area contributed by atoms with Gasteiger partial charge in [-0.05, 0) is 95.6 Å². The van der Waals surface area contributed by atoms with Gasteiger partial charge in [-0.25, -0.2) is 0 Å². The summed E-state index contributed by atoms with van der Waals surface area (Å²) in [7, 11) is 3.08. The number of benzene rings is 4. The largest absolute Gasteiger partial charge is 0.497 e. The van der Waals surface area contributed by atoms with Gasteiger partial charge in [0, 0.05) is 44.6 Å². The second kappa shape index (κ2) is 10.3. The molecule has 2 aliphatic carbocycles. The molecule has 7 heteroatoms. The van der Waals surface area contributed by atoms with E-state index in [9.17, 15) is 14.4 Å². The summed E-state index contributed by atoms with van der Waals surface area (Å²) >= 11 is 12.2. The van der Waals surface area contributed by atoms with Crippen LogP contribution >= 0.6 is 23.2 Å². The third kappa shape index (κ3) is 4.28. The zero-order chi connectivity index (χ0) is 28.9. The van der Waals surface area contributed by atoms with Crippen molar-refractivity contribution in [3.05, 3.63) is 134 Å². The van der Waals surface area contributed by atoms with Crippen LogP contribution in [0.5, 0.6) is 11.5 Å². The molecule has 0 unspecified atom stereocenters. The molecule has 0 radical (unpaired) electrons. The molecule has 0 fully saturated rings. The van der Waals surface area contributed by atoms with E-state index in [2.05, 4.69) is 0 Å². The Morgan fingerprint density at radius 1 is 0.780 bits per heavy atom. The van der Waals surface area contributed by atoms with Crippen LogP contribution in [0.4, 0.5) is 0 Å². The molecule has 0 bridgehead atoms. The fourth-order valence-electron chi connectivity index (χ4n) is 6.13. The van der Waals surface area contributed by atoms with E-state index < -0.39 is 11.3 Å². The minimum atomic E-state index is -1.46. The lowest BCUT2D eigenvalue weighted by molar-refractivity contribution is 0.0861. The molecule has 2 atom stereocenters. The molecule has 0 aliphatic heterocycles. The molecule has 6 rings (SSSR count). The third-order valence-corrected chi connectivity index (χ3v) is 8.58. The van der Waals surface area contributed by atoms with E-state index in [1.165, 1.54) is 7.11 Å². The average molecular weight is 583 g/mol. The van der Waals surface area contributed by atoms with Gasteiger partial charge in [0.15, 0.2) is 17.3 Å². The maximum absolute atomic E-state index is 14.8. The number of carbonyl (C=O) groups is 3. The highest BCUT2D eigenvalue weighted by Gasteiger charge is 2.61. The van der Waals surface area contributed by atoms with Crippen LogP contribution in [0, 0.1) is 0 Å². The Kier molecular flexibility index (Phi) is 6.80. The minimum Gasteiger partial charge on any atom is -0.497 e. The van der Waals surface area contributed by atoms with Gasteiger partial charge in [-0.2, -0.15) is 0 Å². The van der Waals surface area contributed by atoms with Crippen molar-refractivity contribution in [2.45, 2.75) is 17.8 Å². The van der Waals surface area contributed by atoms with E-state index in [4.69, 9.17) is 32.7 Å². The van der Waals surface area contributed by atoms with Gasteiger partial charge in [0.1, 0.15) is 11.5 Å². The van der Waals surface area contributed by atoms with Gasteiger partial charge in [0.2, 0.25) is 0 Å². The van der Waals surface area contributed by atoms with Crippen molar-refractivity contribution >= 4 is 46.6 Å². The molecule has 4 aromatic rings. The van der Waals surface area contributed by atoms with Crippen LogP contribution in [0.15, 0.2) is 90.5 Å². The van der Waals surface area contributed by atoms with Crippen molar-refractivity contribution in [2.24, 2.45) is 0 Å². The SMILES string of the molecule is COc1ccc2c(c1)C(=O)[C@]1(C(C(=O)c3ccc(Cl)cc3)=Cc3ccc(OC)cc31)[C@H]2CC(=O)c1ccc(Cl)cc1. The topological polar surface area (TPSA) is 69.7 Å². The van der Waals surface area contributed by atoms with Crippen molar-refractivity contribution in [3.8, 4) is 11.5 Å². The fraction of sp³-hybridized carbons (Fsp3) is 0.147. The average Bonchev–Trinajstić information content (AvgIpc) is 3.45. The second-order valence-electron chi connectivity index (χ2n) is 10.1. The number of allylic oxidation sites excluding steroid dienone is 1. The quantitative estimate of drug-likeness (QED) is 0.208. The number of hydrogen-bond acceptors (Lipinski definition) is 5. The van der Waals surface area contributed by atoms with Crippen molar-refractivity contribution in [3.63, 3.8) is 0 Å². The first-order valence-corrected chi connectivity index (χ1v) is 13.8. The highest BCUT2D eigenvalue weighted by molar-refractivity contribution is 6.31. The monoisotopic (exact) mass is 582 g/mol. The molecule has 1 spiro atoms. The van der Waals surface area contributed by atoms with Crippen molar-refractivity contribution < 1.29 is 23.9 Å². The molecule has 0 heterocycles. The van der Waals surface area contributed by atoms with E-state index in [0.29, 0.717) is 54.9 Å². The molecule has 41 heavy (non-hydrogen) atoms. The first-order valence-electron chi connectivity index (χ1n) is 13.0. The van der Waals surface area contributed by atoms with Crippen molar-refractivity contribution in [2.75, 3.05) is 14.2 Å². The van der Waals surface area contributed by atoms with Gasteiger partial charge in [-0.15, -0.1) is 0 Å². The Labute approximate surface area is 247 Å². The molecule has 0 N–H and O–H groups in total. The van der Waals surface area contributed by atoms with Crippen LogP contribution in [0.3, 0.4) is 0 Å². The highest BCUT2D eigenvalue weighted by Crippen LogP contribution is 2.60. The number of hydrogen-bond donors (Lipinski definition) is 0. The molecule has 204 valence electrons. The van der Waals surface area contributed by atoms with E-state index in [0.717, 1.165) is 5.56 Å². The van der Waals surface area contributed by atoms with Gasteiger partial charge >= 0.3 is 0 Å². The third-order valence-electron chi connectivity index (χ3n) is 8.08. The Morgan fingerprint density at radius 2 is 1.37 bits per heavy atom. The Hall–Kier alpha value is -4.19. The lowest BCUT2D eigenvalue weighted by atomic mass is 9.64. The number of carbonyl (C=O) groups excluding carboxylic acids is 3. The van der Waals surface area contributed by atoms with Crippen LogP contribution < -0.4 is 9.47 Å². The molecular weight excluding hydrogens is 559 g/mol. The number of rotatable bonds is 7. The highest BCUT2D eigenvalue weighted by atomic mass is 35.5. The summed E-state index contributed by atoms with van der Waals surface area (Å²) in [4.78, 5) is 42.9. The molecule has 0 saturated heterocycles. The van der Waals surface area contributed by atoms with Crippen LogP contribution in [-0.2, 0) is 5.41 Å². The summed E-state index contributed by atoms with van der Waals surface area (Å²) in [6, 6.07) is 24.0. The van der Waals surface area contributed by atoms with E-state index in [1.54, 1.807) is 86.0 Å². The first-order chi connectivity index (χ1) is 19.8. The Bertz CT molecular complexity index is 1760. The maximum Gasteiger partial charge on any atom is 0.190 e. The summed E-state index contributed by atoms with van der Waals surface area (Å²) in [5, 5.41) is 1.01. The molecule has 0 amide bonds. The van der Waals surface area contributed by atoms with Crippen molar-refractivity contribution in [1.29, 1.82) is 0 Å². The number of methoxy groups -OCH3 is 2. The zero-order valence-electron chi connectivity index (χ0n) is 22.2. The van der Waals surface area contributed by atoms with Crippen LogP contribution in [0.1, 0.15) is 60.1 Å². The minimum absolute atomic E-state index is 0.0193. The fourth-order valence-corrected chi connectivity index (χ4v) is 6.39. The summed E-state index contributed by atoms with van der Waals surface area (Å²) in [5.41, 5.74) is 2.16. The zero-order valence-corrected chi connectivity index (χ0v) is 23.8. The lowest BCUT2D eigenvalue weighted by Gasteiger charge is -2.34. The number of fused-ring (bicyclic) bond motifs is 3. The molecular formula is C34H24Cl2O5. The van der Waals surface area contributed by atoms with Crippen LogP contribution in [0.25, 0.3) is 6.08 Å². The van der Waals surface area contributed by atoms with Crippen LogP contribution in [-0.4, -0.2) is 31.6 Å². The van der Waals surface area contributed by atoms with Gasteiger partial charge in [0.25, 0.3) is 0 Å². The lowest BCUT2D eigenvalue weighted by Crippen LogP contribution is -2.40. The van der Waals surface area contributed by atoms with E-state index in [-0.39, 0.29) is 23.8 Å². The summed E-state index contributed by atoms with van der Waals surface area (Å²) in [6.07, 6.45) is 1.75. The van der Waals surface area contributed by atoms with Gasteiger partial charge in [0.05, 0.1) is 19.6 Å². The molecule has 2 aliphatic rings. The number of halogens is 2. The van der Waals surface area contributed by atoms with Gasteiger partial charge in [-0.3, -0.25) is 14.4 Å². The Morgan fingerprint density at radius 3 is 2.00 bits per heavy atom. The smallest absolute Gasteiger partial charge is 0.190 e. The molecule has 4 aromatic carbocycles. The van der Waals surface area contributed by atoms with Crippen LogP contribution in [0.2, 0.25) is 10.0 Å². The summed E-state index contributed by atoms with van der Waals surface area (Å²) in [5.74, 6) is -0.363. The molecule has 5 nitrogen and oxygen atoms in total. The standard InChI is InChI=1S/C34H24Cl2O5/c1-40-24-13-14-26-27(16-24)33(39)34(29(26)18-31(37)19-3-8-22(35)9-4-19)28-17-25(41-2)12-7-21(28)15-30(34)32(38)20-5-10-23(36)11-6-20/h3-17,29H,18H2,1-2H3/t29-,34-/m0/s1. The normalized spacial score (nSPS) is 18.6. The first kappa shape index (κ1) is 27.0. The van der Waals surface area contributed by atoms with E-state index in [1.807, 2.05) is 12.1 Å². The number of Topliss-reactive ketones (excluding diaryl/α,β-unsaturated/α-hetero) is 3. The number of ether oxygens (including phenoxy) is 2. The van der Waals surface area contributed by atoms with E-state index >= 15 is 0 Å². The predicted molar refractivity (Wildman–Crippen MR) is 159 cm³/mol. The van der Waals surface area contributed by atoms with Crippen molar-refractivity contribution in [1.82, 2.24) is 0 Å². The number of ketones is 3. The Balaban J connectivity index is 1.59. The second-order valence-corrected chi connectivity index (χ2v) is 11.0.